The molecule has 0 saturated heterocycles. The van der Waals surface area contributed by atoms with E-state index in [1.165, 1.54) is 22.9 Å². The second-order valence-corrected chi connectivity index (χ2v) is 3.15. The summed E-state index contributed by atoms with van der Waals surface area (Å²) < 4.78 is 1.32. The van der Waals surface area contributed by atoms with Gasteiger partial charge in [-0.2, -0.15) is 0 Å². The third-order valence-corrected chi connectivity index (χ3v) is 1.97. The van der Waals surface area contributed by atoms with Crippen LogP contribution < -0.4 is 0 Å². The third kappa shape index (κ3) is 3.89. The molecule has 1 rings (SSSR count). The van der Waals surface area contributed by atoms with Gasteiger partial charge in [-0.15, -0.1) is 0 Å². The van der Waals surface area contributed by atoms with Gasteiger partial charge in [0.1, 0.15) is 0 Å². The van der Waals surface area contributed by atoms with E-state index < -0.39 is 0 Å². The van der Waals surface area contributed by atoms with Crippen molar-refractivity contribution < 1.29 is 0 Å². The molecule has 10 heavy (non-hydrogen) atoms. The molecule has 0 fully saturated rings. The van der Waals surface area contributed by atoms with E-state index in [0.29, 0.717) is 0 Å². The number of halogens is 1. The maximum atomic E-state index is 3.43. The summed E-state index contributed by atoms with van der Waals surface area (Å²) in [6, 6.07) is 0. The van der Waals surface area contributed by atoms with Crippen molar-refractivity contribution in [3.63, 3.8) is 0 Å². The van der Waals surface area contributed by atoms with E-state index in [4.69, 9.17) is 0 Å². The second kappa shape index (κ2) is 5.72. The van der Waals surface area contributed by atoms with Crippen LogP contribution in [0.1, 0.15) is 33.6 Å². The molecule has 0 spiro atoms. The number of hydrogen-bond acceptors (Lipinski definition) is 0. The highest BCUT2D eigenvalue weighted by molar-refractivity contribution is 9.11. The van der Waals surface area contributed by atoms with Crippen LogP contribution in [-0.4, -0.2) is 0 Å². The lowest BCUT2D eigenvalue weighted by molar-refractivity contribution is 0.953. The Bertz CT molecular complexity index is 125. The normalized spacial score (nSPS) is 16.4. The van der Waals surface area contributed by atoms with Gasteiger partial charge in [0, 0.05) is 0 Å². The molecule has 0 unspecified atom stereocenters. The molecule has 1 aliphatic rings. The van der Waals surface area contributed by atoms with Crippen LogP contribution >= 0.6 is 15.9 Å². The molecule has 1 heteroatoms. The molecule has 0 heterocycles. The van der Waals surface area contributed by atoms with Crippen LogP contribution in [0.25, 0.3) is 0 Å². The molecule has 0 bridgehead atoms. The minimum Gasteiger partial charge on any atom is -0.0730 e. The summed E-state index contributed by atoms with van der Waals surface area (Å²) >= 11 is 3.43. The molecule has 0 aromatic carbocycles. The highest BCUT2D eigenvalue weighted by Crippen LogP contribution is 2.21. The highest BCUT2D eigenvalue weighted by atomic mass is 79.9. The number of rotatable bonds is 0. The van der Waals surface area contributed by atoms with Crippen LogP contribution in [-0.2, 0) is 0 Å². The standard InChI is InChI=1S/C7H9Br.C2H6/c1-6-2-4-7(8)5-3-6;1-2/h2,4H,3,5H2,1H3;1-2H3. The monoisotopic (exact) mass is 202 g/mol. The molecule has 58 valence electrons. The Balaban J connectivity index is 0.000000371. The molecule has 0 aliphatic heterocycles. The Labute approximate surface area is 72.1 Å². The topological polar surface area (TPSA) is 0 Å². The van der Waals surface area contributed by atoms with E-state index in [9.17, 15) is 0 Å². The van der Waals surface area contributed by atoms with E-state index in [1.807, 2.05) is 13.8 Å². The Hall–Kier alpha value is -0.0400. The fourth-order valence-corrected chi connectivity index (χ4v) is 1.05. The second-order valence-electron chi connectivity index (χ2n) is 2.13. The van der Waals surface area contributed by atoms with Crippen molar-refractivity contribution in [2.45, 2.75) is 33.6 Å². The van der Waals surface area contributed by atoms with Crippen LogP contribution in [0.4, 0.5) is 0 Å². The fraction of sp³-hybridized carbons (Fsp3) is 0.556. The van der Waals surface area contributed by atoms with Gasteiger partial charge in [0.15, 0.2) is 0 Å². The first-order valence-electron chi connectivity index (χ1n) is 3.81. The van der Waals surface area contributed by atoms with Gasteiger partial charge in [-0.05, 0) is 24.2 Å². The summed E-state index contributed by atoms with van der Waals surface area (Å²) in [6.07, 6.45) is 6.69. The quantitative estimate of drug-likeness (QED) is 0.557. The SMILES string of the molecule is CC.CC1=CC=C(Br)CC1. The van der Waals surface area contributed by atoms with E-state index in [0.717, 1.165) is 0 Å². The summed E-state index contributed by atoms with van der Waals surface area (Å²) in [5.41, 5.74) is 1.48. The maximum Gasteiger partial charge on any atom is -0.00462 e. The van der Waals surface area contributed by atoms with Gasteiger partial charge >= 0.3 is 0 Å². The first-order chi connectivity index (χ1) is 4.79. The lowest BCUT2D eigenvalue weighted by Gasteiger charge is -2.04. The highest BCUT2D eigenvalue weighted by Gasteiger charge is 1.97. The number of allylic oxidation sites excluding steroid dienone is 4. The zero-order valence-electron chi connectivity index (χ0n) is 6.95. The van der Waals surface area contributed by atoms with Gasteiger partial charge < -0.3 is 0 Å². The average Bonchev–Trinajstić information content (AvgIpc) is 2.00. The molecule has 0 aromatic rings. The molecular weight excluding hydrogens is 188 g/mol. The molecule has 1 aliphatic carbocycles. The van der Waals surface area contributed by atoms with Crippen LogP contribution in [0.15, 0.2) is 22.2 Å². The van der Waals surface area contributed by atoms with E-state index in [1.54, 1.807) is 0 Å². The van der Waals surface area contributed by atoms with E-state index in [-0.39, 0.29) is 0 Å². The van der Waals surface area contributed by atoms with Gasteiger partial charge in [-0.1, -0.05) is 47.5 Å². The Morgan fingerprint density at radius 3 is 2.10 bits per heavy atom. The van der Waals surface area contributed by atoms with Crippen LogP contribution in [0.3, 0.4) is 0 Å². The summed E-state index contributed by atoms with van der Waals surface area (Å²) in [5, 5.41) is 0. The molecule has 0 N–H and O–H groups in total. The van der Waals surface area contributed by atoms with Crippen molar-refractivity contribution in [1.82, 2.24) is 0 Å². The minimum atomic E-state index is 1.18. The zero-order valence-corrected chi connectivity index (χ0v) is 8.53. The first-order valence-corrected chi connectivity index (χ1v) is 4.60. The van der Waals surface area contributed by atoms with Crippen molar-refractivity contribution in [2.24, 2.45) is 0 Å². The molecular formula is C9H15Br. The third-order valence-electron chi connectivity index (χ3n) is 1.31. The molecule has 0 aromatic heterocycles. The van der Waals surface area contributed by atoms with Gasteiger partial charge in [0.25, 0.3) is 0 Å². The predicted molar refractivity (Wildman–Crippen MR) is 51.3 cm³/mol. The molecule has 0 amide bonds. The van der Waals surface area contributed by atoms with Crippen LogP contribution in [0, 0.1) is 0 Å². The molecule has 0 nitrogen and oxygen atoms in total. The van der Waals surface area contributed by atoms with Crippen LogP contribution in [0.2, 0.25) is 0 Å². The van der Waals surface area contributed by atoms with Gasteiger partial charge in [-0.3, -0.25) is 0 Å². The Kier molecular flexibility index (Phi) is 5.70. The smallest absolute Gasteiger partial charge is 0.00462 e. The van der Waals surface area contributed by atoms with Gasteiger partial charge in [0.05, 0.1) is 0 Å². The molecule has 0 saturated carbocycles. The summed E-state index contributed by atoms with van der Waals surface area (Å²) in [4.78, 5) is 0. The summed E-state index contributed by atoms with van der Waals surface area (Å²) in [5.74, 6) is 0. The zero-order chi connectivity index (χ0) is 7.98. The molecule has 0 radical (unpaired) electrons. The lowest BCUT2D eigenvalue weighted by atomic mass is 10.1. The van der Waals surface area contributed by atoms with E-state index >= 15 is 0 Å². The summed E-state index contributed by atoms with van der Waals surface area (Å²) in [6.45, 7) is 6.16. The van der Waals surface area contributed by atoms with Crippen molar-refractivity contribution in [3.8, 4) is 0 Å². The fourth-order valence-electron chi connectivity index (χ4n) is 0.716. The van der Waals surface area contributed by atoms with Crippen molar-refractivity contribution >= 4 is 15.9 Å². The minimum absolute atomic E-state index is 1.18. The van der Waals surface area contributed by atoms with Crippen molar-refractivity contribution in [2.75, 3.05) is 0 Å². The average molecular weight is 203 g/mol. The van der Waals surface area contributed by atoms with Gasteiger partial charge in [-0.25, -0.2) is 0 Å². The lowest BCUT2D eigenvalue weighted by Crippen LogP contribution is -1.83. The summed E-state index contributed by atoms with van der Waals surface area (Å²) in [7, 11) is 0. The van der Waals surface area contributed by atoms with Crippen molar-refractivity contribution in [1.29, 1.82) is 0 Å². The first kappa shape index (κ1) is 9.96. The molecule has 0 atom stereocenters. The van der Waals surface area contributed by atoms with Crippen LogP contribution in [0.5, 0.6) is 0 Å². The van der Waals surface area contributed by atoms with Crippen molar-refractivity contribution in [3.05, 3.63) is 22.2 Å². The Morgan fingerprint density at radius 1 is 1.20 bits per heavy atom. The Morgan fingerprint density at radius 2 is 1.80 bits per heavy atom. The largest absolute Gasteiger partial charge is 0.0730 e. The number of hydrogen-bond donors (Lipinski definition) is 0. The predicted octanol–water partition coefficient (Wildman–Crippen LogP) is 4.03. The van der Waals surface area contributed by atoms with E-state index in [2.05, 4.69) is 35.0 Å². The van der Waals surface area contributed by atoms with Gasteiger partial charge in [0.2, 0.25) is 0 Å². The maximum absolute atomic E-state index is 3.43.